The van der Waals surface area contributed by atoms with Gasteiger partial charge in [0.2, 0.25) is 5.91 Å². The molecule has 2 amide bonds. The summed E-state index contributed by atoms with van der Waals surface area (Å²) in [5.41, 5.74) is 8.39. The van der Waals surface area contributed by atoms with E-state index in [1.54, 1.807) is 6.07 Å². The molecule has 0 aliphatic heterocycles. The Kier molecular flexibility index (Phi) is 4.30. The van der Waals surface area contributed by atoms with E-state index >= 15 is 0 Å². The molecule has 0 aliphatic carbocycles. The molecule has 0 bridgehead atoms. The molecule has 4 aromatic rings. The van der Waals surface area contributed by atoms with Crippen LogP contribution in [0.1, 0.15) is 16.1 Å². The largest absolute Gasteiger partial charge is 0.368 e. The number of primary amides is 1. The molecule has 0 saturated heterocycles. The van der Waals surface area contributed by atoms with Crippen LogP contribution in [0.15, 0.2) is 66.9 Å². The van der Waals surface area contributed by atoms with Gasteiger partial charge in [0.05, 0.1) is 5.52 Å². The number of rotatable bonds is 5. The monoisotopic (exact) mass is 358 g/mol. The van der Waals surface area contributed by atoms with Gasteiger partial charge in [-0.3, -0.25) is 9.59 Å². The Labute approximate surface area is 155 Å². The van der Waals surface area contributed by atoms with Gasteiger partial charge < -0.3 is 16.0 Å². The quantitative estimate of drug-likeness (QED) is 0.511. The van der Waals surface area contributed by atoms with Crippen molar-refractivity contribution >= 4 is 33.6 Å². The normalized spacial score (nSPS) is 12.1. The SMILES string of the molecule is NC(=O)[C@@H](Cc1c[nH]c2ccccc12)NC(=O)c1ccc2ccccc2n1. The third-order valence-electron chi connectivity index (χ3n) is 4.58. The van der Waals surface area contributed by atoms with Crippen LogP contribution in [0.2, 0.25) is 0 Å². The molecule has 134 valence electrons. The zero-order chi connectivity index (χ0) is 18.8. The second-order valence-corrected chi connectivity index (χ2v) is 6.38. The first kappa shape index (κ1) is 16.8. The van der Waals surface area contributed by atoms with Gasteiger partial charge in [0, 0.05) is 28.9 Å². The molecule has 0 radical (unpaired) electrons. The van der Waals surface area contributed by atoms with E-state index in [1.165, 1.54) is 0 Å². The third kappa shape index (κ3) is 3.37. The minimum Gasteiger partial charge on any atom is -0.368 e. The van der Waals surface area contributed by atoms with Crippen molar-refractivity contribution in [2.75, 3.05) is 0 Å². The summed E-state index contributed by atoms with van der Waals surface area (Å²) in [6.07, 6.45) is 2.14. The number of fused-ring (bicyclic) bond motifs is 2. The first-order valence-electron chi connectivity index (χ1n) is 8.63. The number of hydrogen-bond donors (Lipinski definition) is 3. The smallest absolute Gasteiger partial charge is 0.270 e. The number of benzene rings is 2. The summed E-state index contributed by atoms with van der Waals surface area (Å²) in [6.45, 7) is 0. The highest BCUT2D eigenvalue weighted by atomic mass is 16.2. The van der Waals surface area contributed by atoms with Crippen LogP contribution < -0.4 is 11.1 Å². The van der Waals surface area contributed by atoms with Crippen LogP contribution >= 0.6 is 0 Å². The van der Waals surface area contributed by atoms with Crippen LogP contribution in [0.25, 0.3) is 21.8 Å². The standard InChI is InChI=1S/C21H18N4O2/c22-20(26)19(11-14-12-23-17-8-4-2-6-15(14)17)25-21(27)18-10-9-13-5-1-3-7-16(13)24-18/h1-10,12,19,23H,11H2,(H2,22,26)(H,25,27)/t19-/m1/s1. The molecule has 2 aromatic carbocycles. The maximum absolute atomic E-state index is 12.6. The average molecular weight is 358 g/mol. The van der Waals surface area contributed by atoms with Gasteiger partial charge in [-0.2, -0.15) is 0 Å². The van der Waals surface area contributed by atoms with E-state index in [2.05, 4.69) is 15.3 Å². The fourth-order valence-electron chi connectivity index (χ4n) is 3.17. The van der Waals surface area contributed by atoms with E-state index in [0.29, 0.717) is 6.42 Å². The van der Waals surface area contributed by atoms with Gasteiger partial charge in [-0.15, -0.1) is 0 Å². The molecular weight excluding hydrogens is 340 g/mol. The predicted molar refractivity (Wildman–Crippen MR) is 104 cm³/mol. The topological polar surface area (TPSA) is 101 Å². The highest BCUT2D eigenvalue weighted by molar-refractivity contribution is 5.98. The van der Waals surface area contributed by atoms with Crippen molar-refractivity contribution in [3.63, 3.8) is 0 Å². The predicted octanol–water partition coefficient (Wildman–Crippen LogP) is 2.54. The number of para-hydroxylation sites is 2. The number of nitrogens with zero attached hydrogens (tertiary/aromatic N) is 1. The number of aromatic nitrogens is 2. The summed E-state index contributed by atoms with van der Waals surface area (Å²) in [5.74, 6) is -1.01. The lowest BCUT2D eigenvalue weighted by molar-refractivity contribution is -0.119. The van der Waals surface area contributed by atoms with Gasteiger partial charge in [-0.1, -0.05) is 42.5 Å². The van der Waals surface area contributed by atoms with Crippen LogP contribution in [-0.4, -0.2) is 27.8 Å². The fourth-order valence-corrected chi connectivity index (χ4v) is 3.17. The summed E-state index contributed by atoms with van der Waals surface area (Å²) in [7, 11) is 0. The molecule has 2 heterocycles. The summed E-state index contributed by atoms with van der Waals surface area (Å²) < 4.78 is 0. The van der Waals surface area contributed by atoms with Crippen molar-refractivity contribution in [2.45, 2.75) is 12.5 Å². The molecule has 0 spiro atoms. The van der Waals surface area contributed by atoms with Gasteiger partial charge in [-0.05, 0) is 23.8 Å². The number of nitrogens with one attached hydrogen (secondary N) is 2. The number of hydrogen-bond acceptors (Lipinski definition) is 3. The van der Waals surface area contributed by atoms with E-state index in [1.807, 2.05) is 60.8 Å². The molecule has 27 heavy (non-hydrogen) atoms. The van der Waals surface area contributed by atoms with Crippen LogP contribution in [0.3, 0.4) is 0 Å². The van der Waals surface area contributed by atoms with Gasteiger partial charge in [0.1, 0.15) is 11.7 Å². The maximum Gasteiger partial charge on any atom is 0.270 e. The Morgan fingerprint density at radius 2 is 1.81 bits per heavy atom. The van der Waals surface area contributed by atoms with Gasteiger partial charge in [0.15, 0.2) is 0 Å². The Morgan fingerprint density at radius 3 is 2.67 bits per heavy atom. The third-order valence-corrected chi connectivity index (χ3v) is 4.58. The van der Waals surface area contributed by atoms with Gasteiger partial charge >= 0.3 is 0 Å². The summed E-state index contributed by atoms with van der Waals surface area (Å²) in [5, 5.41) is 4.66. The lowest BCUT2D eigenvalue weighted by Gasteiger charge is -2.15. The fraction of sp³-hybridized carbons (Fsp3) is 0.0952. The zero-order valence-corrected chi connectivity index (χ0v) is 14.5. The Hall–Kier alpha value is -3.67. The lowest BCUT2D eigenvalue weighted by Crippen LogP contribution is -2.46. The van der Waals surface area contributed by atoms with E-state index in [9.17, 15) is 9.59 Å². The summed E-state index contributed by atoms with van der Waals surface area (Å²) in [6, 6.07) is 18.0. The van der Waals surface area contributed by atoms with Crippen molar-refractivity contribution in [2.24, 2.45) is 5.73 Å². The number of carbonyl (C=O) groups is 2. The molecule has 0 aliphatic rings. The van der Waals surface area contributed by atoms with Crippen LogP contribution in [-0.2, 0) is 11.2 Å². The Balaban J connectivity index is 1.57. The summed E-state index contributed by atoms with van der Waals surface area (Å²) >= 11 is 0. The van der Waals surface area contributed by atoms with Crippen molar-refractivity contribution in [3.8, 4) is 0 Å². The molecule has 4 N–H and O–H groups in total. The summed E-state index contributed by atoms with van der Waals surface area (Å²) in [4.78, 5) is 32.0. The minimum atomic E-state index is -0.829. The van der Waals surface area contributed by atoms with Crippen molar-refractivity contribution in [1.82, 2.24) is 15.3 Å². The molecule has 1 atom stereocenters. The first-order chi connectivity index (χ1) is 13.1. The molecule has 2 aromatic heterocycles. The number of pyridine rings is 1. The van der Waals surface area contributed by atoms with Crippen LogP contribution in [0.5, 0.6) is 0 Å². The molecule has 4 rings (SSSR count). The van der Waals surface area contributed by atoms with E-state index in [4.69, 9.17) is 5.73 Å². The highest BCUT2D eigenvalue weighted by Crippen LogP contribution is 2.19. The van der Waals surface area contributed by atoms with Gasteiger partial charge in [-0.25, -0.2) is 4.98 Å². The number of nitrogens with two attached hydrogens (primary N) is 1. The second-order valence-electron chi connectivity index (χ2n) is 6.38. The van der Waals surface area contributed by atoms with Crippen LogP contribution in [0, 0.1) is 0 Å². The molecule has 0 fully saturated rings. The minimum absolute atomic E-state index is 0.249. The van der Waals surface area contributed by atoms with Crippen LogP contribution in [0.4, 0.5) is 0 Å². The number of carbonyl (C=O) groups excluding carboxylic acids is 2. The van der Waals surface area contributed by atoms with Crippen molar-refractivity contribution < 1.29 is 9.59 Å². The highest BCUT2D eigenvalue weighted by Gasteiger charge is 2.21. The molecule has 6 nitrogen and oxygen atoms in total. The maximum atomic E-state index is 12.6. The number of amides is 2. The first-order valence-corrected chi connectivity index (χ1v) is 8.63. The van der Waals surface area contributed by atoms with Crippen molar-refractivity contribution in [1.29, 1.82) is 0 Å². The van der Waals surface area contributed by atoms with Gasteiger partial charge in [0.25, 0.3) is 5.91 Å². The second kappa shape index (κ2) is 6.92. The van der Waals surface area contributed by atoms with E-state index < -0.39 is 17.9 Å². The Bertz CT molecular complexity index is 1150. The number of aromatic amines is 1. The van der Waals surface area contributed by atoms with Crippen molar-refractivity contribution in [3.05, 3.63) is 78.1 Å². The Morgan fingerprint density at radius 1 is 1.04 bits per heavy atom. The lowest BCUT2D eigenvalue weighted by atomic mass is 10.0. The average Bonchev–Trinajstić information content (AvgIpc) is 3.10. The molecular formula is C21H18N4O2. The molecule has 0 saturated carbocycles. The van der Waals surface area contributed by atoms with E-state index in [0.717, 1.165) is 27.4 Å². The molecule has 6 heteroatoms. The molecule has 0 unspecified atom stereocenters. The number of H-pyrrole nitrogens is 1. The zero-order valence-electron chi connectivity index (χ0n) is 14.5. The van der Waals surface area contributed by atoms with E-state index in [-0.39, 0.29) is 5.69 Å².